The maximum atomic E-state index is 12.6. The average Bonchev–Trinajstić information content (AvgIpc) is 2.57. The number of alkyl carbamates (subject to hydrolysis) is 1. The minimum atomic E-state index is -3.80. The van der Waals surface area contributed by atoms with E-state index in [9.17, 15) is 19.0 Å². The van der Waals surface area contributed by atoms with E-state index < -0.39 is 25.2 Å². The van der Waals surface area contributed by atoms with Gasteiger partial charge in [0.25, 0.3) is 0 Å². The molecule has 1 aromatic carbocycles. The summed E-state index contributed by atoms with van der Waals surface area (Å²) < 4.78 is 22.4. The highest BCUT2D eigenvalue weighted by Gasteiger charge is 2.35. The fourth-order valence-corrected chi connectivity index (χ4v) is 4.26. The molecule has 0 heterocycles. The molecule has 0 aliphatic rings. The molecule has 1 rings (SSSR count). The van der Waals surface area contributed by atoms with Crippen molar-refractivity contribution in [1.82, 2.24) is 5.32 Å². The van der Waals surface area contributed by atoms with Crippen molar-refractivity contribution >= 4 is 19.4 Å². The Morgan fingerprint density at radius 2 is 1.84 bits per heavy atom. The fourth-order valence-electron chi connectivity index (χ4n) is 2.24. The number of esters is 1. The third kappa shape index (κ3) is 7.71. The highest BCUT2D eigenvalue weighted by atomic mass is 31.2. The van der Waals surface area contributed by atoms with Gasteiger partial charge in [-0.05, 0) is 18.4 Å². The molecule has 2 N–H and O–H groups in total. The van der Waals surface area contributed by atoms with E-state index >= 15 is 0 Å². The van der Waals surface area contributed by atoms with Gasteiger partial charge in [-0.15, -0.1) is 0 Å². The number of rotatable bonds is 9. The second-order valence-electron chi connectivity index (χ2n) is 5.93. The number of carbonyl (C=O) groups excluding carboxylic acids is 2. The van der Waals surface area contributed by atoms with Crippen molar-refractivity contribution < 1.29 is 28.5 Å². The Labute approximate surface area is 148 Å². The summed E-state index contributed by atoms with van der Waals surface area (Å²) in [7, 11) is -3.80. The molecule has 2 atom stereocenters. The van der Waals surface area contributed by atoms with Crippen molar-refractivity contribution in [1.29, 1.82) is 0 Å². The molecule has 2 unspecified atom stereocenters. The van der Waals surface area contributed by atoms with Crippen molar-refractivity contribution in [2.24, 2.45) is 5.92 Å². The highest BCUT2D eigenvalue weighted by Crippen LogP contribution is 2.48. The maximum absolute atomic E-state index is 12.6. The van der Waals surface area contributed by atoms with Crippen LogP contribution in [-0.2, 0) is 25.4 Å². The molecule has 1 amide bonds. The van der Waals surface area contributed by atoms with Crippen LogP contribution in [0.25, 0.3) is 0 Å². The zero-order chi connectivity index (χ0) is 18.9. The summed E-state index contributed by atoms with van der Waals surface area (Å²) in [4.78, 5) is 33.6. The molecule has 0 spiro atoms. The van der Waals surface area contributed by atoms with Crippen LogP contribution in [0.3, 0.4) is 0 Å². The topological polar surface area (TPSA) is 102 Å². The van der Waals surface area contributed by atoms with E-state index in [1.54, 1.807) is 20.8 Å². The van der Waals surface area contributed by atoms with Gasteiger partial charge < -0.3 is 19.7 Å². The molecule has 140 valence electrons. The molecule has 7 nitrogen and oxygen atoms in total. The van der Waals surface area contributed by atoms with E-state index in [0.717, 1.165) is 5.56 Å². The molecule has 0 aliphatic heterocycles. The zero-order valence-electron chi connectivity index (χ0n) is 14.8. The van der Waals surface area contributed by atoms with Gasteiger partial charge in [0, 0.05) is 6.16 Å². The molecule has 0 aliphatic carbocycles. The van der Waals surface area contributed by atoms with E-state index in [-0.39, 0.29) is 31.7 Å². The molecular formula is C17H26NO6P. The standard InChI is InChI=1S/C17H26NO6P/c1-4-23-15(19)10-11-25(21,22)16(13(2)3)18-17(20)24-12-14-8-6-5-7-9-14/h5-9,13,16H,4,10-12H2,1-3H3,(H,18,20)(H,21,22). The van der Waals surface area contributed by atoms with Crippen molar-refractivity contribution in [3.05, 3.63) is 35.9 Å². The molecule has 0 bridgehead atoms. The number of nitrogens with one attached hydrogen (secondary N) is 1. The smallest absolute Gasteiger partial charge is 0.408 e. The number of carbonyl (C=O) groups is 2. The van der Waals surface area contributed by atoms with E-state index in [0.29, 0.717) is 0 Å². The Morgan fingerprint density at radius 3 is 2.40 bits per heavy atom. The van der Waals surface area contributed by atoms with Crippen molar-refractivity contribution in [2.75, 3.05) is 12.8 Å². The van der Waals surface area contributed by atoms with E-state index in [1.165, 1.54) is 0 Å². The van der Waals surface area contributed by atoms with Crippen molar-refractivity contribution in [3.63, 3.8) is 0 Å². The normalized spacial score (nSPS) is 14.4. The maximum Gasteiger partial charge on any atom is 0.408 e. The Morgan fingerprint density at radius 1 is 1.20 bits per heavy atom. The summed E-state index contributed by atoms with van der Waals surface area (Å²) in [5.41, 5.74) is 0.813. The lowest BCUT2D eigenvalue weighted by atomic mass is 10.2. The predicted molar refractivity (Wildman–Crippen MR) is 94.3 cm³/mol. The van der Waals surface area contributed by atoms with Gasteiger partial charge in [-0.1, -0.05) is 44.2 Å². The molecule has 0 radical (unpaired) electrons. The molecule has 1 aromatic rings. The molecule has 0 fully saturated rings. The molecule has 25 heavy (non-hydrogen) atoms. The number of hydrogen-bond donors (Lipinski definition) is 2. The van der Waals surface area contributed by atoms with Gasteiger partial charge in [0.1, 0.15) is 12.4 Å². The number of hydrogen-bond acceptors (Lipinski definition) is 5. The Kier molecular flexibility index (Phi) is 8.66. The van der Waals surface area contributed by atoms with Gasteiger partial charge in [-0.3, -0.25) is 9.36 Å². The lowest BCUT2D eigenvalue weighted by Crippen LogP contribution is -2.39. The molecular weight excluding hydrogens is 345 g/mol. The number of benzene rings is 1. The van der Waals surface area contributed by atoms with Crippen molar-refractivity contribution in [2.45, 2.75) is 39.6 Å². The van der Waals surface area contributed by atoms with Crippen LogP contribution in [0.5, 0.6) is 0 Å². The summed E-state index contributed by atoms with van der Waals surface area (Å²) in [5.74, 6) is -1.83. The van der Waals surface area contributed by atoms with Gasteiger partial charge in [-0.2, -0.15) is 0 Å². The average molecular weight is 371 g/mol. The van der Waals surface area contributed by atoms with Gasteiger partial charge >= 0.3 is 12.1 Å². The van der Waals surface area contributed by atoms with Gasteiger partial charge in [-0.25, -0.2) is 4.79 Å². The van der Waals surface area contributed by atoms with Crippen LogP contribution in [-0.4, -0.2) is 35.5 Å². The van der Waals surface area contributed by atoms with Gasteiger partial charge in [0.15, 0.2) is 0 Å². The second-order valence-corrected chi connectivity index (χ2v) is 8.44. The third-order valence-corrected chi connectivity index (χ3v) is 5.95. The van der Waals surface area contributed by atoms with Crippen molar-refractivity contribution in [3.8, 4) is 0 Å². The van der Waals surface area contributed by atoms with Gasteiger partial charge in [0.05, 0.1) is 13.0 Å². The zero-order valence-corrected chi connectivity index (χ0v) is 15.7. The van der Waals surface area contributed by atoms with Crippen LogP contribution in [0.4, 0.5) is 4.79 Å². The summed E-state index contributed by atoms with van der Waals surface area (Å²) in [6.07, 6.45) is -1.20. The minimum absolute atomic E-state index is 0.0655. The molecule has 0 aromatic heterocycles. The van der Waals surface area contributed by atoms with Crippen LogP contribution < -0.4 is 5.32 Å². The SMILES string of the molecule is CCOC(=O)CCP(=O)(O)C(NC(=O)OCc1ccccc1)C(C)C. The second kappa shape index (κ2) is 10.2. The lowest BCUT2D eigenvalue weighted by Gasteiger charge is -2.26. The number of ether oxygens (including phenoxy) is 2. The van der Waals surface area contributed by atoms with Crippen LogP contribution in [0.1, 0.15) is 32.8 Å². The van der Waals surface area contributed by atoms with Crippen LogP contribution in [0, 0.1) is 5.92 Å². The molecule has 8 heteroatoms. The van der Waals surface area contributed by atoms with E-state index in [2.05, 4.69) is 5.32 Å². The Bertz CT molecular complexity index is 604. The van der Waals surface area contributed by atoms with Crippen LogP contribution in [0.15, 0.2) is 30.3 Å². The predicted octanol–water partition coefficient (Wildman–Crippen LogP) is 3.12. The minimum Gasteiger partial charge on any atom is -0.466 e. The fraction of sp³-hybridized carbons (Fsp3) is 0.529. The summed E-state index contributed by atoms with van der Waals surface area (Å²) in [5, 5.41) is 2.46. The summed E-state index contributed by atoms with van der Waals surface area (Å²) in [6.45, 7) is 5.38. The third-order valence-electron chi connectivity index (χ3n) is 3.49. The quantitative estimate of drug-likeness (QED) is 0.511. The first-order valence-corrected chi connectivity index (χ1v) is 10.1. The Balaban J connectivity index is 2.60. The summed E-state index contributed by atoms with van der Waals surface area (Å²) >= 11 is 0. The van der Waals surface area contributed by atoms with Crippen LogP contribution >= 0.6 is 7.37 Å². The van der Waals surface area contributed by atoms with Crippen LogP contribution in [0.2, 0.25) is 0 Å². The van der Waals surface area contributed by atoms with E-state index in [4.69, 9.17) is 9.47 Å². The molecule has 0 saturated heterocycles. The first-order valence-electron chi connectivity index (χ1n) is 8.20. The highest BCUT2D eigenvalue weighted by molar-refractivity contribution is 7.58. The largest absolute Gasteiger partial charge is 0.466 e. The molecule has 0 saturated carbocycles. The van der Waals surface area contributed by atoms with E-state index in [1.807, 2.05) is 30.3 Å². The summed E-state index contributed by atoms with van der Waals surface area (Å²) in [6, 6.07) is 9.12. The Hall–Kier alpha value is -1.85. The lowest BCUT2D eigenvalue weighted by molar-refractivity contribution is -0.142. The number of amides is 1. The van der Waals surface area contributed by atoms with Gasteiger partial charge in [0.2, 0.25) is 7.37 Å². The first kappa shape index (κ1) is 21.2. The monoisotopic (exact) mass is 371 g/mol. The first-order chi connectivity index (χ1) is 11.8.